The van der Waals surface area contributed by atoms with Crippen LogP contribution in [-0.2, 0) is 4.84 Å². The first kappa shape index (κ1) is 32.5. The van der Waals surface area contributed by atoms with Crippen LogP contribution in [0.1, 0.15) is 70.3 Å². The van der Waals surface area contributed by atoms with Crippen LogP contribution in [0.25, 0.3) is 11.2 Å². The standard InChI is InChI=1S/C28H38BrN9O2.2ClH/c29-18-4-3-5-22(16-18)34-28(39)40-37-14-12-21(13-15-37)32-25-24-26(38(17-31-24)23-6-1-2-7-23)36-27(35-25)33-20-10-8-19(30)9-11-20;;/h3-5,16-17,19-21,23H,1-2,6-15,30H2,(H,34,39)(H2,32,33,35,36);2*1H/t19-,20-;;. The highest BCUT2D eigenvalue weighted by Gasteiger charge is 2.27. The Balaban J connectivity index is 0.00000202. The highest BCUT2D eigenvalue weighted by Crippen LogP contribution is 2.34. The van der Waals surface area contributed by atoms with Gasteiger partial charge >= 0.3 is 6.09 Å². The number of carbonyl (C=O) groups excluding carboxylic acids is 1. The number of nitrogens with two attached hydrogens (primary N) is 1. The number of hydroxylamine groups is 2. The van der Waals surface area contributed by atoms with E-state index in [0.29, 0.717) is 42.9 Å². The van der Waals surface area contributed by atoms with Crippen molar-refractivity contribution in [3.8, 4) is 0 Å². The van der Waals surface area contributed by atoms with Crippen molar-refractivity contribution in [1.82, 2.24) is 24.6 Å². The zero-order chi connectivity index (χ0) is 27.5. The van der Waals surface area contributed by atoms with Gasteiger partial charge in [0.05, 0.1) is 6.33 Å². The second kappa shape index (κ2) is 14.9. The van der Waals surface area contributed by atoms with Crippen molar-refractivity contribution in [2.24, 2.45) is 5.73 Å². The third kappa shape index (κ3) is 7.96. The van der Waals surface area contributed by atoms with Gasteiger partial charge in [-0.1, -0.05) is 34.8 Å². The molecule has 230 valence electrons. The molecule has 3 heterocycles. The molecule has 2 saturated carbocycles. The lowest BCUT2D eigenvalue weighted by atomic mass is 9.92. The van der Waals surface area contributed by atoms with Gasteiger partial charge in [0, 0.05) is 47.4 Å². The summed E-state index contributed by atoms with van der Waals surface area (Å²) in [6.07, 6.45) is 12.0. The van der Waals surface area contributed by atoms with Gasteiger partial charge in [-0.25, -0.2) is 9.78 Å². The van der Waals surface area contributed by atoms with E-state index in [-0.39, 0.29) is 30.9 Å². The molecule has 0 unspecified atom stereocenters. The molecule has 1 saturated heterocycles. The van der Waals surface area contributed by atoms with Crippen LogP contribution in [-0.4, -0.2) is 61.9 Å². The van der Waals surface area contributed by atoms with E-state index in [0.717, 1.165) is 72.8 Å². The molecule has 3 aliphatic rings. The van der Waals surface area contributed by atoms with Gasteiger partial charge in [-0.15, -0.1) is 29.9 Å². The fourth-order valence-corrected chi connectivity index (χ4v) is 6.49. The maximum Gasteiger partial charge on any atom is 0.430 e. The molecule has 0 radical (unpaired) electrons. The quantitative estimate of drug-likeness (QED) is 0.227. The minimum absolute atomic E-state index is 0. The summed E-state index contributed by atoms with van der Waals surface area (Å²) in [6.45, 7) is 1.25. The maximum absolute atomic E-state index is 12.4. The van der Waals surface area contributed by atoms with E-state index in [2.05, 4.69) is 36.4 Å². The summed E-state index contributed by atoms with van der Waals surface area (Å²) in [5, 5.41) is 11.8. The van der Waals surface area contributed by atoms with Gasteiger partial charge in [-0.05, 0) is 69.6 Å². The Labute approximate surface area is 267 Å². The van der Waals surface area contributed by atoms with Crippen LogP contribution in [0.15, 0.2) is 35.1 Å². The van der Waals surface area contributed by atoms with Crippen molar-refractivity contribution in [2.75, 3.05) is 29.0 Å². The number of nitrogens with zero attached hydrogens (tertiary/aromatic N) is 5. The van der Waals surface area contributed by atoms with Gasteiger partial charge in [0.25, 0.3) is 0 Å². The summed E-state index contributed by atoms with van der Waals surface area (Å²) in [5.41, 5.74) is 8.52. The summed E-state index contributed by atoms with van der Waals surface area (Å²) in [7, 11) is 0. The van der Waals surface area contributed by atoms with Crippen molar-refractivity contribution in [2.45, 2.75) is 88.4 Å². The number of hydrogen-bond donors (Lipinski definition) is 4. The molecule has 11 nitrogen and oxygen atoms in total. The average molecular weight is 685 g/mol. The van der Waals surface area contributed by atoms with Gasteiger partial charge in [-0.2, -0.15) is 9.97 Å². The van der Waals surface area contributed by atoms with E-state index in [1.807, 2.05) is 30.6 Å². The number of halogens is 3. The van der Waals surface area contributed by atoms with Gasteiger partial charge in [0.15, 0.2) is 17.0 Å². The average Bonchev–Trinajstić information content (AvgIpc) is 3.61. The Morgan fingerprint density at radius 3 is 2.38 bits per heavy atom. The number of aromatic nitrogens is 4. The van der Waals surface area contributed by atoms with Crippen LogP contribution < -0.4 is 21.7 Å². The minimum atomic E-state index is -0.487. The number of amides is 1. The topological polar surface area (TPSA) is 135 Å². The Hall–Kier alpha value is -2.38. The first-order valence-electron chi connectivity index (χ1n) is 14.5. The van der Waals surface area contributed by atoms with Crippen molar-refractivity contribution in [3.63, 3.8) is 0 Å². The molecule has 2 aliphatic carbocycles. The second-order valence-corrected chi connectivity index (χ2v) is 12.2. The zero-order valence-electron chi connectivity index (χ0n) is 23.5. The van der Waals surface area contributed by atoms with E-state index in [9.17, 15) is 4.79 Å². The summed E-state index contributed by atoms with van der Waals surface area (Å²) >= 11 is 3.42. The molecule has 6 rings (SSSR count). The predicted molar refractivity (Wildman–Crippen MR) is 174 cm³/mol. The van der Waals surface area contributed by atoms with Crippen LogP contribution in [0.5, 0.6) is 0 Å². The third-order valence-corrected chi connectivity index (χ3v) is 8.82. The molecule has 5 N–H and O–H groups in total. The second-order valence-electron chi connectivity index (χ2n) is 11.3. The number of hydrogen-bond acceptors (Lipinski definition) is 9. The van der Waals surface area contributed by atoms with Crippen LogP contribution >= 0.6 is 40.7 Å². The molecule has 2 aromatic heterocycles. The zero-order valence-corrected chi connectivity index (χ0v) is 26.7. The van der Waals surface area contributed by atoms with E-state index in [4.69, 9.17) is 25.5 Å². The molecule has 1 amide bonds. The maximum atomic E-state index is 12.4. The molecule has 0 bridgehead atoms. The van der Waals surface area contributed by atoms with Gasteiger partial charge in [0.2, 0.25) is 5.95 Å². The fourth-order valence-electron chi connectivity index (χ4n) is 6.09. The summed E-state index contributed by atoms with van der Waals surface area (Å²) in [5.74, 6) is 1.42. The van der Waals surface area contributed by atoms with Crippen LogP contribution in [0.4, 0.5) is 22.2 Å². The predicted octanol–water partition coefficient (Wildman–Crippen LogP) is 6.27. The Morgan fingerprint density at radius 1 is 0.952 bits per heavy atom. The first-order chi connectivity index (χ1) is 19.5. The first-order valence-corrected chi connectivity index (χ1v) is 15.3. The molecular formula is C28H40BrCl2N9O2. The molecular weight excluding hydrogens is 645 g/mol. The van der Waals surface area contributed by atoms with Crippen LogP contribution in [0, 0.1) is 0 Å². The van der Waals surface area contributed by atoms with E-state index in [1.54, 1.807) is 5.06 Å². The largest absolute Gasteiger partial charge is 0.430 e. The van der Waals surface area contributed by atoms with Crippen LogP contribution in [0.3, 0.4) is 0 Å². The van der Waals surface area contributed by atoms with Crippen molar-refractivity contribution < 1.29 is 9.63 Å². The Morgan fingerprint density at radius 2 is 1.67 bits per heavy atom. The van der Waals surface area contributed by atoms with Gasteiger partial charge < -0.3 is 25.8 Å². The fraction of sp³-hybridized carbons (Fsp3) is 0.571. The monoisotopic (exact) mass is 683 g/mol. The SMILES string of the molecule is Cl.Cl.N[C@H]1CC[C@H](Nc2nc(NC3CCN(OC(=O)Nc4cccc(Br)c4)CC3)c3ncn(C4CCCC4)c3n2)CC1. The molecule has 0 atom stereocenters. The number of fused-ring (bicyclic) bond motifs is 1. The lowest BCUT2D eigenvalue weighted by Gasteiger charge is -2.31. The number of piperidine rings is 1. The third-order valence-electron chi connectivity index (χ3n) is 8.32. The molecule has 1 aromatic carbocycles. The van der Waals surface area contributed by atoms with Gasteiger partial charge in [0.1, 0.15) is 0 Å². The number of carbonyl (C=O) groups is 1. The van der Waals surface area contributed by atoms with Crippen molar-refractivity contribution >= 4 is 75.5 Å². The highest BCUT2D eigenvalue weighted by atomic mass is 79.9. The molecule has 3 aromatic rings. The van der Waals surface area contributed by atoms with Gasteiger partial charge in [-0.3, -0.25) is 5.32 Å². The molecule has 14 heteroatoms. The number of imidazole rings is 1. The number of rotatable bonds is 7. The van der Waals surface area contributed by atoms with E-state index >= 15 is 0 Å². The summed E-state index contributed by atoms with van der Waals surface area (Å²) < 4.78 is 3.14. The van der Waals surface area contributed by atoms with Crippen molar-refractivity contribution in [3.05, 3.63) is 35.1 Å². The summed E-state index contributed by atoms with van der Waals surface area (Å²) in [6, 6.07) is 8.68. The minimum Gasteiger partial charge on any atom is -0.365 e. The highest BCUT2D eigenvalue weighted by molar-refractivity contribution is 9.10. The number of anilines is 3. The summed E-state index contributed by atoms with van der Waals surface area (Å²) in [4.78, 5) is 32.6. The van der Waals surface area contributed by atoms with Crippen LogP contribution in [0.2, 0.25) is 0 Å². The Kier molecular flexibility index (Phi) is 11.5. The van der Waals surface area contributed by atoms with E-state index in [1.165, 1.54) is 12.8 Å². The smallest absolute Gasteiger partial charge is 0.365 e. The lowest BCUT2D eigenvalue weighted by Crippen LogP contribution is -2.41. The molecule has 3 fully saturated rings. The Bertz CT molecular complexity index is 1320. The molecule has 0 spiro atoms. The van der Waals surface area contributed by atoms with Crippen molar-refractivity contribution in [1.29, 1.82) is 0 Å². The number of nitrogens with one attached hydrogen (secondary N) is 3. The normalized spacial score (nSPS) is 21.8. The van der Waals surface area contributed by atoms with E-state index < -0.39 is 6.09 Å². The number of benzene rings is 1. The molecule has 42 heavy (non-hydrogen) atoms. The lowest BCUT2D eigenvalue weighted by molar-refractivity contribution is -0.106. The molecule has 1 aliphatic heterocycles.